The number of aromatic hydroxyl groups is 1. The van der Waals surface area contributed by atoms with E-state index in [0.29, 0.717) is 17.9 Å². The predicted octanol–water partition coefficient (Wildman–Crippen LogP) is 3.70. The maximum Gasteiger partial charge on any atom is 0.235 e. The van der Waals surface area contributed by atoms with Gasteiger partial charge in [0.25, 0.3) is 0 Å². The van der Waals surface area contributed by atoms with E-state index in [4.69, 9.17) is 4.74 Å². The Bertz CT molecular complexity index is 971. The van der Waals surface area contributed by atoms with Gasteiger partial charge >= 0.3 is 0 Å². The molecule has 1 atom stereocenters. The summed E-state index contributed by atoms with van der Waals surface area (Å²) < 4.78 is 5.26. The fourth-order valence-electron chi connectivity index (χ4n) is 3.53. The molecule has 5 nitrogen and oxygen atoms in total. The van der Waals surface area contributed by atoms with E-state index < -0.39 is 6.17 Å². The van der Waals surface area contributed by atoms with Crippen LogP contribution in [0.4, 0.5) is 0 Å². The zero-order valence-corrected chi connectivity index (χ0v) is 15.6. The number of benzene rings is 3. The van der Waals surface area contributed by atoms with Crippen molar-refractivity contribution in [1.29, 1.82) is 0 Å². The van der Waals surface area contributed by atoms with Crippen molar-refractivity contribution < 1.29 is 14.6 Å². The molecule has 1 fully saturated rings. The largest absolute Gasteiger partial charge is 0.508 e. The van der Waals surface area contributed by atoms with E-state index in [2.05, 4.69) is 41.7 Å². The number of carbonyl (C=O) groups is 1. The highest BCUT2D eigenvalue weighted by Gasteiger charge is 2.32. The number of methoxy groups -OCH3 is 1. The first-order valence-electron chi connectivity index (χ1n) is 9.19. The molecule has 3 aromatic carbocycles. The van der Waals surface area contributed by atoms with Gasteiger partial charge < -0.3 is 15.2 Å². The van der Waals surface area contributed by atoms with Gasteiger partial charge in [0.2, 0.25) is 5.91 Å². The number of amides is 1. The first kappa shape index (κ1) is 18.1. The Hall–Kier alpha value is -3.31. The van der Waals surface area contributed by atoms with Gasteiger partial charge in [0.05, 0.1) is 13.7 Å². The van der Waals surface area contributed by atoms with Gasteiger partial charge in [-0.3, -0.25) is 9.69 Å². The Morgan fingerprint density at radius 2 is 1.75 bits per heavy atom. The van der Waals surface area contributed by atoms with E-state index >= 15 is 0 Å². The molecule has 0 aliphatic carbocycles. The van der Waals surface area contributed by atoms with Gasteiger partial charge in [0.15, 0.2) is 0 Å². The van der Waals surface area contributed by atoms with E-state index in [1.807, 2.05) is 23.1 Å². The Morgan fingerprint density at radius 3 is 2.46 bits per heavy atom. The summed E-state index contributed by atoms with van der Waals surface area (Å²) in [6.45, 7) is 0.872. The molecule has 3 aromatic rings. The van der Waals surface area contributed by atoms with Crippen molar-refractivity contribution in [3.8, 4) is 22.6 Å². The summed E-state index contributed by atoms with van der Waals surface area (Å²) in [7, 11) is 1.58. The van der Waals surface area contributed by atoms with E-state index in [1.54, 1.807) is 25.3 Å². The number of hydrogen-bond donors (Lipinski definition) is 2. The minimum absolute atomic E-state index is 0.0619. The van der Waals surface area contributed by atoms with Gasteiger partial charge in [-0.25, -0.2) is 0 Å². The number of ether oxygens (including phenoxy) is 1. The number of nitrogens with one attached hydrogen (secondary N) is 1. The molecule has 1 amide bonds. The van der Waals surface area contributed by atoms with Crippen molar-refractivity contribution in [3.05, 3.63) is 83.9 Å². The maximum absolute atomic E-state index is 12.1. The lowest BCUT2D eigenvalue weighted by Gasteiger charge is -2.24. The minimum Gasteiger partial charge on any atom is -0.508 e. The van der Waals surface area contributed by atoms with Crippen LogP contribution in [0.2, 0.25) is 0 Å². The third-order valence-corrected chi connectivity index (χ3v) is 4.99. The number of carbonyl (C=O) groups excluding carboxylic acids is 1. The summed E-state index contributed by atoms with van der Waals surface area (Å²) in [5, 5.41) is 13.2. The van der Waals surface area contributed by atoms with Gasteiger partial charge in [-0.2, -0.15) is 0 Å². The molecule has 0 unspecified atom stereocenters. The van der Waals surface area contributed by atoms with Crippen LogP contribution in [0.3, 0.4) is 0 Å². The van der Waals surface area contributed by atoms with Gasteiger partial charge in [0.1, 0.15) is 17.7 Å². The van der Waals surface area contributed by atoms with Crippen molar-refractivity contribution >= 4 is 5.91 Å². The highest BCUT2D eigenvalue weighted by Crippen LogP contribution is 2.33. The van der Waals surface area contributed by atoms with Gasteiger partial charge in [-0.05, 0) is 34.9 Å². The Kier molecular flexibility index (Phi) is 5.00. The topological polar surface area (TPSA) is 61.8 Å². The highest BCUT2D eigenvalue weighted by molar-refractivity contribution is 5.81. The van der Waals surface area contributed by atoms with Crippen LogP contribution < -0.4 is 10.1 Å². The molecule has 1 saturated heterocycles. The molecular weight excluding hydrogens is 352 g/mol. The average molecular weight is 374 g/mol. The van der Waals surface area contributed by atoms with Crippen molar-refractivity contribution in [2.75, 3.05) is 13.7 Å². The van der Waals surface area contributed by atoms with Crippen LogP contribution >= 0.6 is 0 Å². The van der Waals surface area contributed by atoms with Crippen molar-refractivity contribution in [2.24, 2.45) is 0 Å². The lowest BCUT2D eigenvalue weighted by molar-refractivity contribution is -0.118. The van der Waals surface area contributed by atoms with Gasteiger partial charge in [0, 0.05) is 12.1 Å². The molecule has 1 heterocycles. The molecule has 4 rings (SSSR count). The van der Waals surface area contributed by atoms with Crippen LogP contribution in [0.1, 0.15) is 17.3 Å². The third kappa shape index (κ3) is 3.70. The number of hydrogen-bond acceptors (Lipinski definition) is 4. The molecule has 0 radical (unpaired) electrons. The second kappa shape index (κ2) is 7.74. The SMILES string of the molecule is COc1ccc(O)c([C@@H]2NC(=O)CN2Cc2ccc(-c3ccccc3)cc2)c1. The molecule has 0 aromatic heterocycles. The molecule has 2 N–H and O–H groups in total. The fraction of sp³-hybridized carbons (Fsp3) is 0.174. The Labute approximate surface area is 164 Å². The Balaban J connectivity index is 1.55. The first-order chi connectivity index (χ1) is 13.6. The molecule has 0 bridgehead atoms. The summed E-state index contributed by atoms with van der Waals surface area (Å²) in [5.41, 5.74) is 4.06. The molecule has 28 heavy (non-hydrogen) atoms. The van der Waals surface area contributed by atoms with Crippen molar-refractivity contribution in [1.82, 2.24) is 10.2 Å². The summed E-state index contributed by atoms with van der Waals surface area (Å²) >= 11 is 0. The van der Waals surface area contributed by atoms with Crippen LogP contribution in [-0.2, 0) is 11.3 Å². The zero-order chi connectivity index (χ0) is 19.5. The minimum atomic E-state index is -0.392. The molecule has 5 heteroatoms. The standard InChI is InChI=1S/C23H22N2O3/c1-28-19-11-12-21(26)20(13-19)23-24-22(27)15-25(23)14-16-7-9-18(10-8-16)17-5-3-2-4-6-17/h2-13,23,26H,14-15H2,1H3,(H,24,27)/t23-/m1/s1. The summed E-state index contributed by atoms with van der Waals surface area (Å²) in [6, 6.07) is 23.6. The predicted molar refractivity (Wildman–Crippen MR) is 108 cm³/mol. The molecule has 1 aliphatic rings. The number of phenolic OH excluding ortho intramolecular Hbond substituents is 1. The second-order valence-corrected chi connectivity index (χ2v) is 6.86. The number of nitrogens with zero attached hydrogens (tertiary/aromatic N) is 1. The highest BCUT2D eigenvalue weighted by atomic mass is 16.5. The van der Waals surface area contributed by atoms with E-state index in [9.17, 15) is 9.90 Å². The normalized spacial score (nSPS) is 16.8. The molecule has 1 aliphatic heterocycles. The third-order valence-electron chi connectivity index (χ3n) is 4.99. The van der Waals surface area contributed by atoms with Crippen LogP contribution in [-0.4, -0.2) is 29.6 Å². The van der Waals surface area contributed by atoms with Crippen LogP contribution in [0.15, 0.2) is 72.8 Å². The molecular formula is C23H22N2O3. The van der Waals surface area contributed by atoms with Crippen molar-refractivity contribution in [3.63, 3.8) is 0 Å². The van der Waals surface area contributed by atoms with E-state index in [0.717, 1.165) is 11.1 Å². The van der Waals surface area contributed by atoms with Gasteiger partial charge in [-0.15, -0.1) is 0 Å². The van der Waals surface area contributed by atoms with Gasteiger partial charge in [-0.1, -0.05) is 54.6 Å². The second-order valence-electron chi connectivity index (χ2n) is 6.86. The number of phenols is 1. The monoisotopic (exact) mass is 374 g/mol. The summed E-state index contributed by atoms with van der Waals surface area (Å²) in [5.74, 6) is 0.715. The average Bonchev–Trinajstić information content (AvgIpc) is 3.09. The van der Waals surface area contributed by atoms with E-state index in [1.165, 1.54) is 5.56 Å². The van der Waals surface area contributed by atoms with Crippen molar-refractivity contribution in [2.45, 2.75) is 12.7 Å². The summed E-state index contributed by atoms with van der Waals surface area (Å²) in [4.78, 5) is 14.1. The Morgan fingerprint density at radius 1 is 1.04 bits per heavy atom. The van der Waals surface area contributed by atoms with Crippen LogP contribution in [0.25, 0.3) is 11.1 Å². The fourth-order valence-corrected chi connectivity index (χ4v) is 3.53. The smallest absolute Gasteiger partial charge is 0.235 e. The van der Waals surface area contributed by atoms with E-state index in [-0.39, 0.29) is 18.2 Å². The zero-order valence-electron chi connectivity index (χ0n) is 15.6. The lowest BCUT2D eigenvalue weighted by Crippen LogP contribution is -2.27. The first-order valence-corrected chi connectivity index (χ1v) is 9.19. The number of rotatable bonds is 5. The van der Waals surface area contributed by atoms with Crippen LogP contribution in [0, 0.1) is 0 Å². The molecule has 0 spiro atoms. The molecule has 142 valence electrons. The maximum atomic E-state index is 12.1. The van der Waals surface area contributed by atoms with Crippen LogP contribution in [0.5, 0.6) is 11.5 Å². The molecule has 0 saturated carbocycles. The summed E-state index contributed by atoms with van der Waals surface area (Å²) in [6.07, 6.45) is -0.392. The lowest BCUT2D eigenvalue weighted by atomic mass is 10.0. The quantitative estimate of drug-likeness (QED) is 0.715.